The molecule has 3 N–H and O–H groups in total. The smallest absolute Gasteiger partial charge is 0.0770 e. The molecule has 0 saturated carbocycles. The van der Waals surface area contributed by atoms with E-state index in [2.05, 4.69) is 0 Å². The molecular weight excluding hydrogens is 144 g/mol. The van der Waals surface area contributed by atoms with Gasteiger partial charge in [0.1, 0.15) is 0 Å². The summed E-state index contributed by atoms with van der Waals surface area (Å²) in [5.74, 6) is 0. The summed E-state index contributed by atoms with van der Waals surface area (Å²) in [7, 11) is 0. The van der Waals surface area contributed by atoms with Crippen LogP contribution in [0.3, 0.4) is 0 Å². The summed E-state index contributed by atoms with van der Waals surface area (Å²) >= 11 is 0. The fourth-order valence-corrected chi connectivity index (χ4v) is 0.937. The first-order chi connectivity index (χ1) is 5.31. The van der Waals surface area contributed by atoms with Crippen LogP contribution in [0.2, 0.25) is 0 Å². The van der Waals surface area contributed by atoms with Gasteiger partial charge in [-0.1, -0.05) is 19.3 Å². The molecule has 0 saturated heterocycles. The third-order valence-electron chi connectivity index (χ3n) is 1.66. The topological polar surface area (TPSA) is 60.7 Å². The number of rotatable bonds is 7. The highest BCUT2D eigenvalue weighted by atomic mass is 16.3. The van der Waals surface area contributed by atoms with Crippen molar-refractivity contribution in [2.45, 2.75) is 38.2 Å². The second-order valence-electron chi connectivity index (χ2n) is 2.76. The summed E-state index contributed by atoms with van der Waals surface area (Å²) in [5, 5.41) is 25.8. The van der Waals surface area contributed by atoms with Crippen LogP contribution < -0.4 is 0 Å². The summed E-state index contributed by atoms with van der Waals surface area (Å²) in [4.78, 5) is 0. The number of hydrogen-bond acceptors (Lipinski definition) is 3. The molecule has 0 aromatic rings. The number of aliphatic hydroxyl groups excluding tert-OH is 3. The first kappa shape index (κ1) is 10.9. The zero-order valence-corrected chi connectivity index (χ0v) is 6.87. The molecule has 0 aromatic carbocycles. The lowest BCUT2D eigenvalue weighted by atomic mass is 10.1. The van der Waals surface area contributed by atoms with E-state index in [-0.39, 0.29) is 13.2 Å². The van der Waals surface area contributed by atoms with Crippen molar-refractivity contribution in [2.24, 2.45) is 0 Å². The molecule has 0 heterocycles. The highest BCUT2D eigenvalue weighted by molar-refractivity contribution is 4.52. The molecule has 0 bridgehead atoms. The van der Waals surface area contributed by atoms with E-state index in [4.69, 9.17) is 15.3 Å². The standard InChI is InChI=1S/C8H18O3/c9-6-4-2-1-3-5-8(11)7-10/h8-11H,1-7H2/t8-/m1/s1. The van der Waals surface area contributed by atoms with Crippen LogP contribution in [0.5, 0.6) is 0 Å². The quantitative estimate of drug-likeness (QED) is 0.471. The van der Waals surface area contributed by atoms with Gasteiger partial charge in [-0.2, -0.15) is 0 Å². The summed E-state index contributed by atoms with van der Waals surface area (Å²) in [6.07, 6.45) is 3.93. The third-order valence-corrected chi connectivity index (χ3v) is 1.66. The molecule has 0 fully saturated rings. The van der Waals surface area contributed by atoms with E-state index in [0.29, 0.717) is 6.42 Å². The molecule has 0 unspecified atom stereocenters. The van der Waals surface area contributed by atoms with E-state index in [9.17, 15) is 0 Å². The molecule has 1 atom stereocenters. The molecule has 0 amide bonds. The van der Waals surface area contributed by atoms with Gasteiger partial charge in [0.05, 0.1) is 12.7 Å². The van der Waals surface area contributed by atoms with E-state index < -0.39 is 6.10 Å². The number of aliphatic hydroxyl groups is 3. The van der Waals surface area contributed by atoms with Crippen molar-refractivity contribution in [3.63, 3.8) is 0 Å². The lowest BCUT2D eigenvalue weighted by molar-refractivity contribution is 0.0859. The maximum Gasteiger partial charge on any atom is 0.0770 e. The fraction of sp³-hybridized carbons (Fsp3) is 1.00. The molecule has 0 rings (SSSR count). The molecular formula is C8H18O3. The van der Waals surface area contributed by atoms with Crippen molar-refractivity contribution in [1.82, 2.24) is 0 Å². The molecule has 68 valence electrons. The Kier molecular flexibility index (Phi) is 7.89. The summed E-state index contributed by atoms with van der Waals surface area (Å²) in [5.41, 5.74) is 0. The second kappa shape index (κ2) is 7.98. The van der Waals surface area contributed by atoms with Crippen molar-refractivity contribution in [2.75, 3.05) is 13.2 Å². The Hall–Kier alpha value is -0.120. The largest absolute Gasteiger partial charge is 0.396 e. The van der Waals surface area contributed by atoms with Crippen molar-refractivity contribution in [3.05, 3.63) is 0 Å². The summed E-state index contributed by atoms with van der Waals surface area (Å²) < 4.78 is 0. The van der Waals surface area contributed by atoms with Gasteiger partial charge in [-0.05, 0) is 12.8 Å². The normalized spacial score (nSPS) is 13.4. The van der Waals surface area contributed by atoms with Gasteiger partial charge in [0.2, 0.25) is 0 Å². The van der Waals surface area contributed by atoms with Gasteiger partial charge in [0.25, 0.3) is 0 Å². The molecule has 0 aliphatic heterocycles. The van der Waals surface area contributed by atoms with Crippen molar-refractivity contribution in [1.29, 1.82) is 0 Å². The SMILES string of the molecule is OCCCCCC[C@@H](O)CO. The molecule has 0 spiro atoms. The predicted molar refractivity (Wildman–Crippen MR) is 43.3 cm³/mol. The Morgan fingerprint density at radius 2 is 1.55 bits per heavy atom. The van der Waals surface area contributed by atoms with Gasteiger partial charge in [0, 0.05) is 6.61 Å². The van der Waals surface area contributed by atoms with E-state index in [1.807, 2.05) is 0 Å². The maximum absolute atomic E-state index is 8.92. The van der Waals surface area contributed by atoms with Crippen LogP contribution in [0.1, 0.15) is 32.1 Å². The molecule has 0 aliphatic carbocycles. The van der Waals surface area contributed by atoms with E-state index >= 15 is 0 Å². The Morgan fingerprint density at radius 1 is 0.909 bits per heavy atom. The molecule has 3 nitrogen and oxygen atoms in total. The minimum atomic E-state index is -0.552. The van der Waals surface area contributed by atoms with E-state index in [1.54, 1.807) is 0 Å². The van der Waals surface area contributed by atoms with E-state index in [1.165, 1.54) is 0 Å². The van der Waals surface area contributed by atoms with Crippen molar-refractivity contribution >= 4 is 0 Å². The molecule has 3 heteroatoms. The van der Waals surface area contributed by atoms with Crippen LogP contribution in [-0.2, 0) is 0 Å². The van der Waals surface area contributed by atoms with Crippen LogP contribution in [0.4, 0.5) is 0 Å². The second-order valence-corrected chi connectivity index (χ2v) is 2.76. The van der Waals surface area contributed by atoms with Crippen molar-refractivity contribution in [3.8, 4) is 0 Å². The maximum atomic E-state index is 8.92. The van der Waals surface area contributed by atoms with Crippen LogP contribution in [0.15, 0.2) is 0 Å². The molecule has 0 radical (unpaired) electrons. The van der Waals surface area contributed by atoms with Gasteiger partial charge in [-0.3, -0.25) is 0 Å². The Labute approximate surface area is 67.7 Å². The molecule has 0 aliphatic rings. The number of unbranched alkanes of at least 4 members (excludes halogenated alkanes) is 3. The monoisotopic (exact) mass is 162 g/mol. The molecule has 0 aromatic heterocycles. The highest BCUT2D eigenvalue weighted by Crippen LogP contribution is 2.04. The van der Waals surface area contributed by atoms with Crippen LogP contribution >= 0.6 is 0 Å². The van der Waals surface area contributed by atoms with Gasteiger partial charge in [-0.25, -0.2) is 0 Å². The van der Waals surface area contributed by atoms with Crippen molar-refractivity contribution < 1.29 is 15.3 Å². The van der Waals surface area contributed by atoms with Crippen LogP contribution in [-0.4, -0.2) is 34.6 Å². The minimum absolute atomic E-state index is 0.139. The summed E-state index contributed by atoms with van der Waals surface area (Å²) in [6.45, 7) is 0.114. The zero-order valence-electron chi connectivity index (χ0n) is 6.87. The highest BCUT2D eigenvalue weighted by Gasteiger charge is 1.99. The number of hydrogen-bond donors (Lipinski definition) is 3. The third kappa shape index (κ3) is 7.78. The minimum Gasteiger partial charge on any atom is -0.396 e. The van der Waals surface area contributed by atoms with Gasteiger partial charge in [0.15, 0.2) is 0 Å². The Balaban J connectivity index is 2.89. The first-order valence-corrected chi connectivity index (χ1v) is 4.21. The summed E-state index contributed by atoms with van der Waals surface area (Å²) in [6, 6.07) is 0. The average Bonchev–Trinajstić information content (AvgIpc) is 2.04. The zero-order chi connectivity index (χ0) is 8.53. The molecule has 11 heavy (non-hydrogen) atoms. The Bertz CT molecular complexity index is 75.7. The van der Waals surface area contributed by atoms with Gasteiger partial charge in [-0.15, -0.1) is 0 Å². The predicted octanol–water partition coefficient (Wildman–Crippen LogP) is 0.282. The van der Waals surface area contributed by atoms with Gasteiger partial charge >= 0.3 is 0 Å². The fourth-order valence-electron chi connectivity index (χ4n) is 0.937. The Morgan fingerprint density at radius 3 is 2.09 bits per heavy atom. The van der Waals surface area contributed by atoms with E-state index in [0.717, 1.165) is 25.7 Å². The van der Waals surface area contributed by atoms with Crippen LogP contribution in [0.25, 0.3) is 0 Å². The first-order valence-electron chi connectivity index (χ1n) is 4.21. The lowest BCUT2D eigenvalue weighted by Gasteiger charge is -2.05. The van der Waals surface area contributed by atoms with Gasteiger partial charge < -0.3 is 15.3 Å². The lowest BCUT2D eigenvalue weighted by Crippen LogP contribution is -2.10. The average molecular weight is 162 g/mol. The van der Waals surface area contributed by atoms with Crippen LogP contribution in [0, 0.1) is 0 Å².